The molecule has 1 unspecified atom stereocenters. The van der Waals surface area contributed by atoms with Crippen LogP contribution in [0.5, 0.6) is 5.75 Å². The minimum Gasteiger partial charge on any atom is -0.496 e. The number of nitrogens with one attached hydrogen (secondary N) is 1. The van der Waals surface area contributed by atoms with Crippen LogP contribution in [-0.2, 0) is 6.54 Å². The molecular weight excluding hydrogens is 367 g/mol. The van der Waals surface area contributed by atoms with Gasteiger partial charge < -0.3 is 10.1 Å². The monoisotopic (exact) mass is 388 g/mol. The van der Waals surface area contributed by atoms with Crippen molar-refractivity contribution in [1.82, 2.24) is 0 Å². The van der Waals surface area contributed by atoms with Crippen LogP contribution in [0.2, 0.25) is 0 Å². The molecule has 146 valence electrons. The third-order valence-corrected chi connectivity index (χ3v) is 4.81. The Balaban J connectivity index is 1.76. The van der Waals surface area contributed by atoms with E-state index in [0.717, 1.165) is 11.3 Å². The Hall–Kier alpha value is -3.65. The highest BCUT2D eigenvalue weighted by molar-refractivity contribution is 6.03. The second-order valence-corrected chi connectivity index (χ2v) is 6.68. The van der Waals surface area contributed by atoms with Gasteiger partial charge in [0.25, 0.3) is 0 Å². The number of benzene rings is 3. The molecule has 0 aliphatic heterocycles. The van der Waals surface area contributed by atoms with Crippen LogP contribution in [0.1, 0.15) is 39.9 Å². The fourth-order valence-electron chi connectivity index (χ4n) is 3.11. The van der Waals surface area contributed by atoms with E-state index in [0.29, 0.717) is 29.0 Å². The molecule has 3 rings (SSSR count). The van der Waals surface area contributed by atoms with E-state index in [1.807, 2.05) is 12.1 Å². The number of ketones is 1. The minimum atomic E-state index is -0.623. The highest BCUT2D eigenvalue weighted by Crippen LogP contribution is 2.30. The number of hydrogen-bond acceptors (Lipinski definition) is 4. The molecule has 3 aromatic carbocycles. The summed E-state index contributed by atoms with van der Waals surface area (Å²) in [5.74, 6) is -0.788. The summed E-state index contributed by atoms with van der Waals surface area (Å²) in [6.07, 6.45) is 0. The molecule has 3 aromatic rings. The zero-order chi connectivity index (χ0) is 20.8. The number of carbonyl (C=O) groups is 1. The molecule has 0 aliphatic rings. The molecule has 29 heavy (non-hydrogen) atoms. The fourth-order valence-corrected chi connectivity index (χ4v) is 3.11. The first-order valence-electron chi connectivity index (χ1n) is 9.23. The van der Waals surface area contributed by atoms with Crippen molar-refractivity contribution >= 4 is 11.5 Å². The molecule has 1 N–H and O–H groups in total. The van der Waals surface area contributed by atoms with E-state index < -0.39 is 11.7 Å². The molecule has 4 nitrogen and oxygen atoms in total. The largest absolute Gasteiger partial charge is 0.496 e. The van der Waals surface area contributed by atoms with E-state index in [4.69, 9.17) is 10.00 Å². The molecule has 0 saturated carbocycles. The van der Waals surface area contributed by atoms with Crippen molar-refractivity contribution in [3.63, 3.8) is 0 Å². The van der Waals surface area contributed by atoms with Gasteiger partial charge in [-0.3, -0.25) is 4.79 Å². The van der Waals surface area contributed by atoms with Gasteiger partial charge in [0, 0.05) is 24.2 Å². The summed E-state index contributed by atoms with van der Waals surface area (Å²) in [7, 11) is 1.50. The lowest BCUT2D eigenvalue weighted by atomic mass is 9.91. The van der Waals surface area contributed by atoms with Crippen LogP contribution in [0.4, 0.5) is 10.1 Å². The molecular formula is C24H21FN2O2. The molecule has 1 atom stereocenters. The minimum absolute atomic E-state index is 0.203. The molecule has 0 aromatic heterocycles. The first kappa shape index (κ1) is 20.1. The number of nitrogens with zero attached hydrogens (tertiary/aromatic N) is 1. The maximum absolute atomic E-state index is 14.1. The Bertz CT molecular complexity index is 1060. The maximum atomic E-state index is 14.1. The normalized spacial score (nSPS) is 11.4. The maximum Gasteiger partial charge on any atom is 0.173 e. The van der Waals surface area contributed by atoms with Crippen molar-refractivity contribution < 1.29 is 13.9 Å². The first-order valence-corrected chi connectivity index (χ1v) is 9.23. The van der Waals surface area contributed by atoms with E-state index in [2.05, 4.69) is 11.4 Å². The van der Waals surface area contributed by atoms with Crippen molar-refractivity contribution in [3.8, 4) is 11.8 Å². The summed E-state index contributed by atoms with van der Waals surface area (Å²) in [6.45, 7) is 2.25. The molecule has 0 spiro atoms. The van der Waals surface area contributed by atoms with Crippen molar-refractivity contribution in [2.45, 2.75) is 19.4 Å². The van der Waals surface area contributed by atoms with E-state index in [1.165, 1.54) is 13.2 Å². The number of Topliss-reactive ketones (excluding diaryl/α,β-unsaturated/α-hetero) is 1. The van der Waals surface area contributed by atoms with Crippen LogP contribution in [0.15, 0.2) is 66.7 Å². The van der Waals surface area contributed by atoms with Crippen molar-refractivity contribution in [2.75, 3.05) is 12.4 Å². The molecule has 0 aliphatic carbocycles. The number of methoxy groups -OCH3 is 1. The van der Waals surface area contributed by atoms with Crippen molar-refractivity contribution in [1.29, 1.82) is 5.26 Å². The van der Waals surface area contributed by atoms with Gasteiger partial charge in [-0.1, -0.05) is 37.3 Å². The topological polar surface area (TPSA) is 62.1 Å². The van der Waals surface area contributed by atoms with Crippen LogP contribution < -0.4 is 10.1 Å². The number of rotatable bonds is 7. The predicted molar refractivity (Wildman–Crippen MR) is 111 cm³/mol. The Kier molecular flexibility index (Phi) is 6.25. The Morgan fingerprint density at radius 1 is 1.14 bits per heavy atom. The van der Waals surface area contributed by atoms with Gasteiger partial charge >= 0.3 is 0 Å². The summed E-state index contributed by atoms with van der Waals surface area (Å²) in [4.78, 5) is 12.9. The Morgan fingerprint density at radius 3 is 2.52 bits per heavy atom. The van der Waals surface area contributed by atoms with E-state index in [-0.39, 0.29) is 5.78 Å². The van der Waals surface area contributed by atoms with Gasteiger partial charge in [-0.05, 0) is 41.5 Å². The lowest BCUT2D eigenvalue weighted by Crippen LogP contribution is -2.13. The Morgan fingerprint density at radius 2 is 1.86 bits per heavy atom. The highest BCUT2D eigenvalue weighted by atomic mass is 19.1. The lowest BCUT2D eigenvalue weighted by molar-refractivity contribution is 0.0961. The number of nitriles is 1. The molecule has 0 radical (unpaired) electrons. The van der Waals surface area contributed by atoms with Gasteiger partial charge in [0.1, 0.15) is 11.6 Å². The van der Waals surface area contributed by atoms with Crippen molar-refractivity contribution in [2.24, 2.45) is 0 Å². The van der Waals surface area contributed by atoms with Gasteiger partial charge in [-0.15, -0.1) is 0 Å². The number of halogens is 1. The number of hydrogen-bond donors (Lipinski definition) is 1. The molecule has 0 amide bonds. The SMILES string of the molecule is COc1cc(NCc2ccc(C#N)cc2)ccc1C(=O)C(C)c1ccccc1F. The highest BCUT2D eigenvalue weighted by Gasteiger charge is 2.23. The molecule has 0 saturated heterocycles. The average molecular weight is 388 g/mol. The summed E-state index contributed by atoms with van der Waals surface area (Å²) in [6, 6.07) is 20.9. The van der Waals surface area contributed by atoms with E-state index >= 15 is 0 Å². The molecule has 0 bridgehead atoms. The van der Waals surface area contributed by atoms with Crippen LogP contribution in [0.3, 0.4) is 0 Å². The standard InChI is InChI=1S/C24H21FN2O2/c1-16(20-5-3-4-6-22(20)25)24(28)21-12-11-19(13-23(21)29-2)27-15-18-9-7-17(14-26)8-10-18/h3-13,16,27H,15H2,1-2H3. The summed E-state index contributed by atoms with van der Waals surface area (Å²) in [5.41, 5.74) is 3.20. The van der Waals surface area contributed by atoms with Crippen LogP contribution in [0.25, 0.3) is 0 Å². The smallest absolute Gasteiger partial charge is 0.173 e. The van der Waals surface area contributed by atoms with Crippen molar-refractivity contribution in [3.05, 3.63) is 94.8 Å². The van der Waals surface area contributed by atoms with Crippen LogP contribution in [0, 0.1) is 17.1 Å². The molecule has 0 fully saturated rings. The lowest BCUT2D eigenvalue weighted by Gasteiger charge is -2.16. The van der Waals surface area contributed by atoms with E-state index in [9.17, 15) is 9.18 Å². The quantitative estimate of drug-likeness (QED) is 0.558. The van der Waals surface area contributed by atoms with Crippen LogP contribution >= 0.6 is 0 Å². The second-order valence-electron chi connectivity index (χ2n) is 6.68. The van der Waals surface area contributed by atoms with Gasteiger partial charge in [0.15, 0.2) is 5.78 Å². The summed E-state index contributed by atoms with van der Waals surface area (Å²) >= 11 is 0. The third-order valence-electron chi connectivity index (χ3n) is 4.81. The van der Waals surface area contributed by atoms with Gasteiger partial charge in [0.05, 0.1) is 24.3 Å². The summed E-state index contributed by atoms with van der Waals surface area (Å²) < 4.78 is 19.5. The first-order chi connectivity index (χ1) is 14.0. The number of anilines is 1. The van der Waals surface area contributed by atoms with Gasteiger partial charge in [-0.25, -0.2) is 4.39 Å². The average Bonchev–Trinajstić information content (AvgIpc) is 2.77. The second kappa shape index (κ2) is 9.03. The predicted octanol–water partition coefficient (Wildman–Crippen LogP) is 5.30. The van der Waals surface area contributed by atoms with Crippen LogP contribution in [-0.4, -0.2) is 12.9 Å². The zero-order valence-electron chi connectivity index (χ0n) is 16.3. The fraction of sp³-hybridized carbons (Fsp3) is 0.167. The Labute approximate surface area is 169 Å². The molecule has 0 heterocycles. The number of ether oxygens (including phenoxy) is 1. The van der Waals surface area contributed by atoms with Gasteiger partial charge in [-0.2, -0.15) is 5.26 Å². The molecule has 5 heteroatoms. The number of carbonyl (C=O) groups excluding carboxylic acids is 1. The summed E-state index contributed by atoms with van der Waals surface area (Å²) in [5, 5.41) is 12.1. The zero-order valence-corrected chi connectivity index (χ0v) is 16.3. The van der Waals surface area contributed by atoms with E-state index in [1.54, 1.807) is 55.5 Å². The van der Waals surface area contributed by atoms with Gasteiger partial charge in [0.2, 0.25) is 0 Å². The third kappa shape index (κ3) is 4.61.